The summed E-state index contributed by atoms with van der Waals surface area (Å²) in [5.74, 6) is 0.482. The number of allylic oxidation sites excluding steroid dienone is 2. The predicted octanol–water partition coefficient (Wildman–Crippen LogP) is 3.14. The van der Waals surface area contributed by atoms with Crippen molar-refractivity contribution in [3.05, 3.63) is 23.1 Å². The van der Waals surface area contributed by atoms with E-state index in [1.165, 1.54) is 18.1 Å². The van der Waals surface area contributed by atoms with Gasteiger partial charge in [0.1, 0.15) is 6.61 Å². The van der Waals surface area contributed by atoms with Crippen LogP contribution in [0.15, 0.2) is 23.1 Å². The van der Waals surface area contributed by atoms with Crippen molar-refractivity contribution in [2.75, 3.05) is 6.61 Å². The minimum absolute atomic E-state index is 0.0927. The van der Waals surface area contributed by atoms with Gasteiger partial charge in [-0.2, -0.15) is 0 Å². The zero-order valence-electron chi connectivity index (χ0n) is 11.5. The highest BCUT2D eigenvalue weighted by Crippen LogP contribution is 2.36. The summed E-state index contributed by atoms with van der Waals surface area (Å²) in [5, 5.41) is 2.72. The quantitative estimate of drug-likeness (QED) is 0.815. The van der Waals surface area contributed by atoms with Crippen LogP contribution >= 0.6 is 0 Å². The van der Waals surface area contributed by atoms with Crippen molar-refractivity contribution in [2.45, 2.75) is 47.5 Å². The second-order valence-electron chi connectivity index (χ2n) is 5.09. The largest absolute Gasteiger partial charge is 0.474 e. The summed E-state index contributed by atoms with van der Waals surface area (Å²) in [6.07, 6.45) is 4.03. The van der Waals surface area contributed by atoms with Gasteiger partial charge in [-0.05, 0) is 29.4 Å². The highest BCUT2D eigenvalue weighted by atomic mass is 16.5. The van der Waals surface area contributed by atoms with E-state index in [-0.39, 0.29) is 11.3 Å². The van der Waals surface area contributed by atoms with Gasteiger partial charge in [-0.1, -0.05) is 27.7 Å². The predicted molar refractivity (Wildman–Crippen MR) is 69.2 cm³/mol. The van der Waals surface area contributed by atoms with Crippen LogP contribution in [0.2, 0.25) is 0 Å². The molecule has 0 fully saturated rings. The van der Waals surface area contributed by atoms with Crippen molar-refractivity contribution < 1.29 is 9.53 Å². The van der Waals surface area contributed by atoms with Gasteiger partial charge in [0.25, 0.3) is 0 Å². The number of nitrogens with one attached hydrogen (secondary N) is 1. The Bertz CT molecular complexity index is 364. The number of amides is 1. The minimum atomic E-state index is -0.0927. The van der Waals surface area contributed by atoms with Gasteiger partial charge in [0.05, 0.1) is 0 Å². The molecule has 17 heavy (non-hydrogen) atoms. The molecule has 0 radical (unpaired) electrons. The highest BCUT2D eigenvalue weighted by Gasteiger charge is 2.26. The molecule has 1 amide bonds. The molecule has 1 N–H and O–H groups in total. The second kappa shape index (κ2) is 5.39. The molecule has 0 spiro atoms. The van der Waals surface area contributed by atoms with Crippen LogP contribution in [0.3, 0.4) is 0 Å². The molecule has 1 rings (SSSR count). The first-order chi connectivity index (χ1) is 7.90. The van der Waals surface area contributed by atoms with E-state index in [1.807, 2.05) is 6.08 Å². The van der Waals surface area contributed by atoms with Crippen LogP contribution in [0.4, 0.5) is 0 Å². The number of rotatable bonds is 4. The lowest BCUT2D eigenvalue weighted by molar-refractivity contribution is -0.119. The van der Waals surface area contributed by atoms with Gasteiger partial charge in [-0.15, -0.1) is 0 Å². The van der Waals surface area contributed by atoms with Gasteiger partial charge in [-0.3, -0.25) is 10.1 Å². The maximum atomic E-state index is 11.0. The fourth-order valence-electron chi connectivity index (χ4n) is 1.92. The normalized spacial score (nSPS) is 16.4. The smallest absolute Gasteiger partial charge is 0.223 e. The Labute approximate surface area is 104 Å². The van der Waals surface area contributed by atoms with Crippen LogP contribution in [0.25, 0.3) is 0 Å². The third kappa shape index (κ3) is 3.35. The fourth-order valence-corrected chi connectivity index (χ4v) is 1.92. The summed E-state index contributed by atoms with van der Waals surface area (Å²) >= 11 is 0. The number of hydrogen-bond donors (Lipinski definition) is 1. The van der Waals surface area contributed by atoms with Gasteiger partial charge >= 0.3 is 0 Å². The van der Waals surface area contributed by atoms with E-state index in [0.717, 1.165) is 12.8 Å². The fraction of sp³-hybridized carbons (Fsp3) is 0.643. The summed E-state index contributed by atoms with van der Waals surface area (Å²) in [5.41, 5.74) is 2.75. The lowest BCUT2D eigenvalue weighted by atomic mass is 9.78. The van der Waals surface area contributed by atoms with Gasteiger partial charge in [-0.25, -0.2) is 0 Å². The molecule has 0 bridgehead atoms. The van der Waals surface area contributed by atoms with E-state index in [1.54, 1.807) is 0 Å². The zero-order valence-corrected chi connectivity index (χ0v) is 11.5. The zero-order chi connectivity index (χ0) is 13.1. The Hall–Kier alpha value is -1.25. The van der Waals surface area contributed by atoms with E-state index in [9.17, 15) is 4.79 Å². The first kappa shape index (κ1) is 13.8. The van der Waals surface area contributed by atoms with E-state index in [0.29, 0.717) is 12.5 Å². The highest BCUT2D eigenvalue weighted by molar-refractivity contribution is 5.74. The Kier molecular flexibility index (Phi) is 4.38. The summed E-state index contributed by atoms with van der Waals surface area (Å²) in [6.45, 7) is 10.9. The molecule has 96 valence electrons. The molecule has 3 heteroatoms. The van der Waals surface area contributed by atoms with E-state index in [4.69, 9.17) is 4.74 Å². The molecule has 1 aliphatic heterocycles. The molecule has 0 aliphatic carbocycles. The molecule has 0 saturated carbocycles. The van der Waals surface area contributed by atoms with E-state index >= 15 is 0 Å². The lowest BCUT2D eigenvalue weighted by Crippen LogP contribution is -2.27. The first-order valence-corrected chi connectivity index (χ1v) is 6.25. The van der Waals surface area contributed by atoms with Crippen LogP contribution in [0.5, 0.6) is 0 Å². The molecular formula is C14H23NO2. The molecule has 0 saturated heterocycles. The summed E-state index contributed by atoms with van der Waals surface area (Å²) < 4.78 is 5.53. The SMILES string of the molecule is CCC1=C(C(C)(C)CC)C=C(NC(C)=O)OC1. The maximum absolute atomic E-state index is 11.0. The van der Waals surface area contributed by atoms with Crippen molar-refractivity contribution in [3.8, 4) is 0 Å². The van der Waals surface area contributed by atoms with Crippen molar-refractivity contribution in [2.24, 2.45) is 5.41 Å². The van der Waals surface area contributed by atoms with Crippen LogP contribution in [-0.2, 0) is 9.53 Å². The first-order valence-electron chi connectivity index (χ1n) is 6.25. The third-order valence-corrected chi connectivity index (χ3v) is 3.40. The van der Waals surface area contributed by atoms with Crippen molar-refractivity contribution in [3.63, 3.8) is 0 Å². The van der Waals surface area contributed by atoms with Crippen molar-refractivity contribution in [1.82, 2.24) is 5.32 Å². The summed E-state index contributed by atoms with van der Waals surface area (Å²) in [4.78, 5) is 11.0. The molecular weight excluding hydrogens is 214 g/mol. The summed E-state index contributed by atoms with van der Waals surface area (Å²) in [6, 6.07) is 0. The van der Waals surface area contributed by atoms with Gasteiger partial charge < -0.3 is 4.74 Å². The molecule has 0 atom stereocenters. The molecule has 0 aromatic carbocycles. The second-order valence-corrected chi connectivity index (χ2v) is 5.09. The average Bonchev–Trinajstić information content (AvgIpc) is 2.28. The topological polar surface area (TPSA) is 38.3 Å². The third-order valence-electron chi connectivity index (χ3n) is 3.40. The van der Waals surface area contributed by atoms with Crippen molar-refractivity contribution >= 4 is 5.91 Å². The monoisotopic (exact) mass is 237 g/mol. The van der Waals surface area contributed by atoms with Crippen LogP contribution in [-0.4, -0.2) is 12.5 Å². The lowest BCUT2D eigenvalue weighted by Gasteiger charge is -2.31. The summed E-state index contributed by atoms with van der Waals surface area (Å²) in [7, 11) is 0. The van der Waals surface area contributed by atoms with E-state index < -0.39 is 0 Å². The molecule has 1 aliphatic rings. The molecule has 1 heterocycles. The standard InChI is InChI=1S/C14H23NO2/c1-6-11-9-17-13(15-10(3)16)8-12(11)14(4,5)7-2/h8H,6-7,9H2,1-5H3,(H,15,16). The van der Waals surface area contributed by atoms with E-state index in [2.05, 4.69) is 33.0 Å². The maximum Gasteiger partial charge on any atom is 0.223 e. The Morgan fingerprint density at radius 2 is 2.12 bits per heavy atom. The van der Waals surface area contributed by atoms with Gasteiger partial charge in [0.2, 0.25) is 5.91 Å². The molecule has 0 aromatic rings. The number of hydrogen-bond acceptors (Lipinski definition) is 2. The molecule has 0 unspecified atom stereocenters. The Morgan fingerprint density at radius 1 is 1.47 bits per heavy atom. The molecule has 0 aromatic heterocycles. The number of ether oxygens (including phenoxy) is 1. The Morgan fingerprint density at radius 3 is 2.59 bits per heavy atom. The Balaban J connectivity index is 3.05. The minimum Gasteiger partial charge on any atom is -0.474 e. The average molecular weight is 237 g/mol. The van der Waals surface area contributed by atoms with Crippen LogP contribution in [0, 0.1) is 5.41 Å². The number of carbonyl (C=O) groups is 1. The van der Waals surface area contributed by atoms with Crippen molar-refractivity contribution in [1.29, 1.82) is 0 Å². The molecule has 3 nitrogen and oxygen atoms in total. The van der Waals surface area contributed by atoms with Gasteiger partial charge in [0, 0.05) is 13.0 Å². The number of carbonyl (C=O) groups excluding carboxylic acids is 1. The van der Waals surface area contributed by atoms with Crippen LogP contribution in [0.1, 0.15) is 47.5 Å². The van der Waals surface area contributed by atoms with Crippen LogP contribution < -0.4 is 5.32 Å². The van der Waals surface area contributed by atoms with Gasteiger partial charge in [0.15, 0.2) is 5.88 Å².